The van der Waals surface area contributed by atoms with Gasteiger partial charge in [-0.2, -0.15) is 5.10 Å². The maximum Gasteiger partial charge on any atom is 0.242 e. The van der Waals surface area contributed by atoms with E-state index >= 15 is 0 Å². The lowest BCUT2D eigenvalue weighted by Crippen LogP contribution is -2.42. The van der Waals surface area contributed by atoms with Gasteiger partial charge in [-0.25, -0.2) is 0 Å². The van der Waals surface area contributed by atoms with Gasteiger partial charge in [0.1, 0.15) is 6.54 Å². The molecular weight excluding hydrogens is 412 g/mol. The zero-order chi connectivity index (χ0) is 22.4. The van der Waals surface area contributed by atoms with Crippen molar-refractivity contribution in [3.8, 4) is 11.4 Å². The van der Waals surface area contributed by atoms with Crippen molar-refractivity contribution < 1.29 is 9.59 Å². The lowest BCUT2D eigenvalue weighted by atomic mass is 10.1. The molecule has 3 rings (SSSR count). The summed E-state index contributed by atoms with van der Waals surface area (Å²) in [5.41, 5.74) is 2.08. The predicted molar refractivity (Wildman–Crippen MR) is 123 cm³/mol. The minimum Gasteiger partial charge on any atom is -0.342 e. The van der Waals surface area contributed by atoms with Crippen LogP contribution in [0.25, 0.3) is 11.4 Å². The van der Waals surface area contributed by atoms with Crippen LogP contribution in [0.3, 0.4) is 0 Å². The third kappa shape index (κ3) is 5.80. The summed E-state index contributed by atoms with van der Waals surface area (Å²) in [6.45, 7) is 10.8. The van der Waals surface area contributed by atoms with Gasteiger partial charge >= 0.3 is 0 Å². The Balaban J connectivity index is 1.63. The van der Waals surface area contributed by atoms with E-state index in [2.05, 4.69) is 15.1 Å². The van der Waals surface area contributed by atoms with E-state index in [0.29, 0.717) is 36.8 Å². The summed E-state index contributed by atoms with van der Waals surface area (Å²) in [6, 6.07) is 8.00. The second-order valence-electron chi connectivity index (χ2n) is 7.88. The summed E-state index contributed by atoms with van der Waals surface area (Å²) in [5.74, 6) is 0.833. The summed E-state index contributed by atoms with van der Waals surface area (Å²) in [4.78, 5) is 31.4. The largest absolute Gasteiger partial charge is 0.342 e. The van der Waals surface area contributed by atoms with Crippen LogP contribution in [0.15, 0.2) is 24.3 Å². The Morgan fingerprint density at radius 1 is 1.06 bits per heavy atom. The number of likely N-dealkylation sites (N-methyl/N-ethyl adjacent to an activating group) is 1. The first-order chi connectivity index (χ1) is 14.9. The highest BCUT2D eigenvalue weighted by Crippen LogP contribution is 2.18. The summed E-state index contributed by atoms with van der Waals surface area (Å²) in [5, 5.41) is 7.15. The molecule has 168 valence electrons. The number of aromatic nitrogens is 3. The molecule has 2 aromatic rings. The van der Waals surface area contributed by atoms with Gasteiger partial charge in [-0.15, -0.1) is 0 Å². The van der Waals surface area contributed by atoms with Crippen LogP contribution in [0.1, 0.15) is 25.8 Å². The topological polar surface area (TPSA) is 77.5 Å². The van der Waals surface area contributed by atoms with Crippen molar-refractivity contribution in [1.29, 1.82) is 0 Å². The van der Waals surface area contributed by atoms with Gasteiger partial charge in [-0.3, -0.25) is 24.2 Å². The third-order valence-electron chi connectivity index (χ3n) is 5.78. The van der Waals surface area contributed by atoms with Crippen LogP contribution in [0.5, 0.6) is 0 Å². The summed E-state index contributed by atoms with van der Waals surface area (Å²) in [6.07, 6.45) is 0.846. The van der Waals surface area contributed by atoms with E-state index < -0.39 is 0 Å². The second-order valence-corrected chi connectivity index (χ2v) is 8.27. The van der Waals surface area contributed by atoms with Crippen LogP contribution in [-0.2, 0) is 16.1 Å². The van der Waals surface area contributed by atoms with Crippen molar-refractivity contribution in [3.05, 3.63) is 34.6 Å². The summed E-state index contributed by atoms with van der Waals surface area (Å²) >= 11 is 5.38. The fourth-order valence-corrected chi connectivity index (χ4v) is 4.07. The Bertz CT molecular complexity index is 948. The zero-order valence-corrected chi connectivity index (χ0v) is 19.5. The van der Waals surface area contributed by atoms with Crippen LogP contribution < -0.4 is 0 Å². The van der Waals surface area contributed by atoms with E-state index in [1.165, 1.54) is 0 Å². The number of hydrogen-bond donors (Lipinski definition) is 1. The van der Waals surface area contributed by atoms with E-state index in [1.807, 2.05) is 54.8 Å². The van der Waals surface area contributed by atoms with E-state index in [1.54, 1.807) is 4.57 Å². The summed E-state index contributed by atoms with van der Waals surface area (Å²) in [7, 11) is 0. The quantitative estimate of drug-likeness (QED) is 0.663. The van der Waals surface area contributed by atoms with Crippen molar-refractivity contribution in [2.75, 3.05) is 45.8 Å². The van der Waals surface area contributed by atoms with E-state index in [-0.39, 0.29) is 18.4 Å². The molecule has 0 aliphatic carbocycles. The first-order valence-electron chi connectivity index (χ1n) is 10.9. The monoisotopic (exact) mass is 444 g/mol. The number of aromatic amines is 1. The lowest BCUT2D eigenvalue weighted by molar-refractivity contribution is -0.132. The van der Waals surface area contributed by atoms with Gasteiger partial charge in [0.05, 0.1) is 6.54 Å². The van der Waals surface area contributed by atoms with Crippen molar-refractivity contribution >= 4 is 24.0 Å². The van der Waals surface area contributed by atoms with E-state index in [4.69, 9.17) is 12.2 Å². The fourth-order valence-electron chi connectivity index (χ4n) is 3.87. The molecule has 1 aromatic carbocycles. The SMILES string of the molecule is CCN(CC)C(=O)CN1CCCN(C(=O)Cn2c(-c3ccc(C)cc3)n[nH]c2=S)CC1. The van der Waals surface area contributed by atoms with Gasteiger partial charge in [-0.05, 0) is 39.4 Å². The molecule has 1 aromatic heterocycles. The molecule has 1 aliphatic heterocycles. The van der Waals surface area contributed by atoms with Gasteiger partial charge in [0, 0.05) is 44.8 Å². The molecule has 0 unspecified atom stereocenters. The molecule has 9 heteroatoms. The smallest absolute Gasteiger partial charge is 0.242 e. The average Bonchev–Trinajstić information content (AvgIpc) is 2.96. The molecule has 8 nitrogen and oxygen atoms in total. The number of rotatable bonds is 7. The number of aryl methyl sites for hydroxylation is 1. The van der Waals surface area contributed by atoms with Gasteiger partial charge in [-0.1, -0.05) is 29.8 Å². The van der Waals surface area contributed by atoms with Crippen LogP contribution >= 0.6 is 12.2 Å². The highest BCUT2D eigenvalue weighted by atomic mass is 32.1. The minimum atomic E-state index is 0.0165. The molecular formula is C22H32N6O2S. The number of carbonyl (C=O) groups is 2. The molecule has 0 spiro atoms. The van der Waals surface area contributed by atoms with Crippen molar-refractivity contribution in [3.63, 3.8) is 0 Å². The number of carbonyl (C=O) groups excluding carboxylic acids is 2. The van der Waals surface area contributed by atoms with Crippen LogP contribution in [-0.4, -0.2) is 87.1 Å². The van der Waals surface area contributed by atoms with Gasteiger partial charge in [0.15, 0.2) is 10.6 Å². The Kier molecular flexibility index (Phi) is 7.97. The molecule has 1 aliphatic rings. The molecule has 0 atom stereocenters. The third-order valence-corrected chi connectivity index (χ3v) is 6.09. The molecule has 2 amide bonds. The van der Waals surface area contributed by atoms with Gasteiger partial charge in [0.25, 0.3) is 0 Å². The van der Waals surface area contributed by atoms with Crippen molar-refractivity contribution in [1.82, 2.24) is 29.5 Å². The predicted octanol–water partition coefficient (Wildman–Crippen LogP) is 2.32. The average molecular weight is 445 g/mol. The van der Waals surface area contributed by atoms with E-state index in [0.717, 1.165) is 37.2 Å². The molecule has 1 saturated heterocycles. The Morgan fingerprint density at radius 2 is 1.77 bits per heavy atom. The van der Waals surface area contributed by atoms with Gasteiger partial charge in [0.2, 0.25) is 11.8 Å². The van der Waals surface area contributed by atoms with Crippen molar-refractivity contribution in [2.45, 2.75) is 33.7 Å². The van der Waals surface area contributed by atoms with Crippen LogP contribution in [0.4, 0.5) is 0 Å². The molecule has 0 radical (unpaired) electrons. The maximum absolute atomic E-state index is 13.1. The van der Waals surface area contributed by atoms with E-state index in [9.17, 15) is 9.59 Å². The maximum atomic E-state index is 13.1. The molecule has 0 bridgehead atoms. The lowest BCUT2D eigenvalue weighted by Gasteiger charge is -2.25. The highest BCUT2D eigenvalue weighted by Gasteiger charge is 2.23. The summed E-state index contributed by atoms with van der Waals surface area (Å²) < 4.78 is 2.19. The number of hydrogen-bond acceptors (Lipinski definition) is 5. The Hall–Kier alpha value is -2.52. The Morgan fingerprint density at radius 3 is 2.45 bits per heavy atom. The number of benzene rings is 1. The standard InChI is InChI=1S/C22H32N6O2S/c1-4-26(5-2)19(29)15-25-11-6-12-27(14-13-25)20(30)16-28-21(23-24-22(28)31)18-9-7-17(3)8-10-18/h7-10H,4-6,11-16H2,1-3H3,(H,24,31). The first kappa shape index (κ1) is 23.1. The molecule has 2 heterocycles. The normalized spacial score (nSPS) is 15.0. The minimum absolute atomic E-state index is 0.0165. The highest BCUT2D eigenvalue weighted by molar-refractivity contribution is 7.71. The fraction of sp³-hybridized carbons (Fsp3) is 0.545. The van der Waals surface area contributed by atoms with Crippen molar-refractivity contribution in [2.24, 2.45) is 0 Å². The number of amides is 2. The van der Waals surface area contributed by atoms with Crippen LogP contribution in [0, 0.1) is 11.7 Å². The number of nitrogens with one attached hydrogen (secondary N) is 1. The number of nitrogens with zero attached hydrogens (tertiary/aromatic N) is 5. The molecule has 31 heavy (non-hydrogen) atoms. The van der Waals surface area contributed by atoms with Crippen LogP contribution in [0.2, 0.25) is 0 Å². The van der Waals surface area contributed by atoms with Gasteiger partial charge < -0.3 is 9.80 Å². The zero-order valence-electron chi connectivity index (χ0n) is 18.6. The molecule has 1 N–H and O–H groups in total. The molecule has 1 fully saturated rings. The Labute approximate surface area is 188 Å². The second kappa shape index (κ2) is 10.7. The molecule has 0 saturated carbocycles. The number of H-pyrrole nitrogens is 1. The first-order valence-corrected chi connectivity index (χ1v) is 11.3.